The Morgan fingerprint density at radius 1 is 1.00 bits per heavy atom. The lowest BCUT2D eigenvalue weighted by molar-refractivity contribution is -0.136. The average molecular weight is 350 g/mol. The number of amides is 2. The number of hydrogen-bond acceptors (Lipinski definition) is 3. The van der Waals surface area contributed by atoms with Gasteiger partial charge in [-0.15, -0.1) is 0 Å². The van der Waals surface area contributed by atoms with Crippen LogP contribution in [0.3, 0.4) is 0 Å². The number of anilines is 1. The highest BCUT2D eigenvalue weighted by molar-refractivity contribution is 6.42. The second-order valence-electron chi connectivity index (χ2n) is 4.69. The van der Waals surface area contributed by atoms with E-state index in [1.54, 1.807) is 0 Å². The van der Waals surface area contributed by atoms with E-state index in [2.05, 4.69) is 15.8 Å². The summed E-state index contributed by atoms with van der Waals surface area (Å²) in [5, 5.41) is 6.77. The van der Waals surface area contributed by atoms with Crippen LogP contribution in [0.5, 0.6) is 0 Å². The Kier molecular flexibility index (Phi) is 5.73. The number of aryl methyl sites for hydroxylation is 1. The third-order valence-corrected chi connectivity index (χ3v) is 3.58. The first-order valence-corrected chi connectivity index (χ1v) is 7.37. The quantitative estimate of drug-likeness (QED) is 0.506. The van der Waals surface area contributed by atoms with Crippen LogP contribution >= 0.6 is 23.2 Å². The fourth-order valence-corrected chi connectivity index (χ4v) is 1.93. The second-order valence-corrected chi connectivity index (χ2v) is 5.51. The van der Waals surface area contributed by atoms with E-state index in [0.717, 1.165) is 11.1 Å². The maximum atomic E-state index is 11.7. The Morgan fingerprint density at radius 2 is 1.70 bits per heavy atom. The Bertz CT molecular complexity index is 758. The summed E-state index contributed by atoms with van der Waals surface area (Å²) >= 11 is 11.6. The van der Waals surface area contributed by atoms with E-state index < -0.39 is 11.8 Å². The lowest BCUT2D eigenvalue weighted by Crippen LogP contribution is -2.32. The number of carbonyl (C=O) groups excluding carboxylic acids is 2. The van der Waals surface area contributed by atoms with Crippen molar-refractivity contribution < 1.29 is 9.59 Å². The van der Waals surface area contributed by atoms with Gasteiger partial charge in [0.05, 0.1) is 16.3 Å². The van der Waals surface area contributed by atoms with Crippen molar-refractivity contribution in [3.05, 3.63) is 63.6 Å². The van der Waals surface area contributed by atoms with Crippen molar-refractivity contribution in [1.29, 1.82) is 0 Å². The molecule has 7 heteroatoms. The minimum atomic E-state index is -0.889. The monoisotopic (exact) mass is 349 g/mol. The van der Waals surface area contributed by atoms with Gasteiger partial charge in [0, 0.05) is 5.69 Å². The molecule has 0 spiro atoms. The topological polar surface area (TPSA) is 70.6 Å². The summed E-state index contributed by atoms with van der Waals surface area (Å²) in [4.78, 5) is 23.4. The van der Waals surface area contributed by atoms with Gasteiger partial charge in [-0.2, -0.15) is 5.10 Å². The fraction of sp³-hybridized carbons (Fsp3) is 0.0625. The molecule has 23 heavy (non-hydrogen) atoms. The van der Waals surface area contributed by atoms with Crippen LogP contribution in [0.15, 0.2) is 47.6 Å². The van der Waals surface area contributed by atoms with Crippen molar-refractivity contribution in [1.82, 2.24) is 5.43 Å². The van der Waals surface area contributed by atoms with Crippen molar-refractivity contribution >= 4 is 46.9 Å². The summed E-state index contributed by atoms with van der Waals surface area (Å²) < 4.78 is 0. The van der Waals surface area contributed by atoms with Gasteiger partial charge >= 0.3 is 11.8 Å². The number of rotatable bonds is 3. The van der Waals surface area contributed by atoms with Crippen LogP contribution in [0.1, 0.15) is 11.1 Å². The number of hydrazone groups is 1. The molecule has 0 aliphatic heterocycles. The zero-order valence-corrected chi connectivity index (χ0v) is 13.7. The van der Waals surface area contributed by atoms with E-state index in [0.29, 0.717) is 10.7 Å². The van der Waals surface area contributed by atoms with Gasteiger partial charge in [-0.05, 0) is 30.7 Å². The first-order valence-electron chi connectivity index (χ1n) is 6.62. The second kappa shape index (κ2) is 7.76. The molecule has 0 atom stereocenters. The molecule has 0 aromatic heterocycles. The third-order valence-electron chi connectivity index (χ3n) is 2.84. The van der Waals surface area contributed by atoms with Crippen LogP contribution in [0.4, 0.5) is 5.69 Å². The molecule has 0 radical (unpaired) electrons. The molecule has 2 aromatic rings. The van der Waals surface area contributed by atoms with Crippen LogP contribution in [0.2, 0.25) is 10.0 Å². The maximum absolute atomic E-state index is 11.7. The highest BCUT2D eigenvalue weighted by atomic mass is 35.5. The molecule has 0 aliphatic carbocycles. The molecule has 0 saturated carbocycles. The Morgan fingerprint density at radius 3 is 2.35 bits per heavy atom. The molecule has 0 unspecified atom stereocenters. The highest BCUT2D eigenvalue weighted by Gasteiger charge is 2.13. The smallest absolute Gasteiger partial charge is 0.318 e. The molecule has 0 fully saturated rings. The van der Waals surface area contributed by atoms with Gasteiger partial charge in [0.25, 0.3) is 0 Å². The van der Waals surface area contributed by atoms with Crippen molar-refractivity contribution in [3.63, 3.8) is 0 Å². The average Bonchev–Trinajstić information content (AvgIpc) is 2.52. The highest BCUT2D eigenvalue weighted by Crippen LogP contribution is 2.24. The van der Waals surface area contributed by atoms with Crippen LogP contribution in [0, 0.1) is 6.92 Å². The van der Waals surface area contributed by atoms with E-state index in [1.807, 2.05) is 31.2 Å². The zero-order valence-electron chi connectivity index (χ0n) is 12.1. The first kappa shape index (κ1) is 17.0. The van der Waals surface area contributed by atoms with Crippen LogP contribution < -0.4 is 10.7 Å². The molecule has 2 amide bonds. The van der Waals surface area contributed by atoms with Crippen LogP contribution in [-0.4, -0.2) is 18.0 Å². The van der Waals surface area contributed by atoms with E-state index in [9.17, 15) is 9.59 Å². The summed E-state index contributed by atoms with van der Waals surface area (Å²) in [6.45, 7) is 1.97. The molecule has 0 bridgehead atoms. The van der Waals surface area contributed by atoms with Crippen LogP contribution in [0.25, 0.3) is 0 Å². The number of nitrogens with zero attached hydrogens (tertiary/aromatic N) is 1. The number of carbonyl (C=O) groups is 2. The number of benzene rings is 2. The molecular weight excluding hydrogens is 337 g/mol. The van der Waals surface area contributed by atoms with Gasteiger partial charge in [-0.3, -0.25) is 9.59 Å². The molecule has 0 heterocycles. The Hall–Kier alpha value is -2.37. The minimum Gasteiger partial charge on any atom is -0.318 e. The van der Waals surface area contributed by atoms with E-state index in [1.165, 1.54) is 24.4 Å². The van der Waals surface area contributed by atoms with Crippen molar-refractivity contribution in [2.45, 2.75) is 6.92 Å². The molecule has 5 nitrogen and oxygen atoms in total. The summed E-state index contributed by atoms with van der Waals surface area (Å²) in [6, 6.07) is 12.0. The SMILES string of the molecule is Cc1ccc(C=NNC(=O)C(=O)Nc2ccc(Cl)c(Cl)c2)cc1. The summed E-state index contributed by atoms with van der Waals surface area (Å²) in [7, 11) is 0. The van der Waals surface area contributed by atoms with Gasteiger partial charge in [-0.25, -0.2) is 5.43 Å². The molecule has 0 aliphatic rings. The van der Waals surface area contributed by atoms with E-state index in [-0.39, 0.29) is 5.02 Å². The predicted octanol–water partition coefficient (Wildman–Crippen LogP) is 3.39. The molecule has 118 valence electrons. The number of nitrogens with one attached hydrogen (secondary N) is 2. The van der Waals surface area contributed by atoms with Gasteiger partial charge in [0.2, 0.25) is 0 Å². The van der Waals surface area contributed by atoms with E-state index in [4.69, 9.17) is 23.2 Å². The van der Waals surface area contributed by atoms with E-state index >= 15 is 0 Å². The summed E-state index contributed by atoms with van der Waals surface area (Å²) in [5.41, 5.74) is 4.44. The summed E-state index contributed by atoms with van der Waals surface area (Å²) in [6.07, 6.45) is 1.45. The summed E-state index contributed by atoms with van der Waals surface area (Å²) in [5.74, 6) is -1.75. The van der Waals surface area contributed by atoms with Crippen LogP contribution in [-0.2, 0) is 9.59 Å². The normalized spacial score (nSPS) is 10.6. The lowest BCUT2D eigenvalue weighted by Gasteiger charge is -2.05. The van der Waals surface area contributed by atoms with Crippen molar-refractivity contribution in [3.8, 4) is 0 Å². The number of halogens is 2. The standard InChI is InChI=1S/C16H13Cl2N3O2/c1-10-2-4-11(5-3-10)9-19-21-16(23)15(22)20-12-6-7-13(17)14(18)8-12/h2-9H,1H3,(H,20,22)(H,21,23). The van der Waals surface area contributed by atoms with Crippen molar-refractivity contribution in [2.75, 3.05) is 5.32 Å². The molecule has 2 N–H and O–H groups in total. The van der Waals surface area contributed by atoms with Crippen molar-refractivity contribution in [2.24, 2.45) is 5.10 Å². The minimum absolute atomic E-state index is 0.280. The van der Waals surface area contributed by atoms with Gasteiger partial charge < -0.3 is 5.32 Å². The predicted molar refractivity (Wildman–Crippen MR) is 92.0 cm³/mol. The lowest BCUT2D eigenvalue weighted by atomic mass is 10.2. The molecular formula is C16H13Cl2N3O2. The first-order chi connectivity index (χ1) is 11.0. The Balaban J connectivity index is 1.90. The Labute approximate surface area is 143 Å². The third kappa shape index (κ3) is 5.09. The zero-order chi connectivity index (χ0) is 16.8. The molecule has 0 saturated heterocycles. The molecule has 2 rings (SSSR count). The molecule has 2 aromatic carbocycles. The fourth-order valence-electron chi connectivity index (χ4n) is 1.63. The van der Waals surface area contributed by atoms with Gasteiger partial charge in [0.15, 0.2) is 0 Å². The van der Waals surface area contributed by atoms with Gasteiger partial charge in [-0.1, -0.05) is 53.0 Å². The van der Waals surface area contributed by atoms with Gasteiger partial charge in [0.1, 0.15) is 0 Å². The maximum Gasteiger partial charge on any atom is 0.329 e. The largest absolute Gasteiger partial charge is 0.329 e. The number of hydrogen-bond donors (Lipinski definition) is 2.